The van der Waals surface area contributed by atoms with Crippen molar-refractivity contribution in [3.05, 3.63) is 259 Å². The minimum absolute atomic E-state index is 0.0253. The molecule has 88 heavy (non-hydrogen) atoms. The number of rotatable bonds is 20. The Balaban J connectivity index is 0.000000214. The summed E-state index contributed by atoms with van der Waals surface area (Å²) >= 11 is 0. The van der Waals surface area contributed by atoms with Crippen LogP contribution in [0, 0.1) is 46.5 Å². The van der Waals surface area contributed by atoms with Gasteiger partial charge in [-0.3, -0.25) is 0 Å². The molecule has 0 amide bonds. The van der Waals surface area contributed by atoms with Crippen LogP contribution in [0.5, 0.6) is 23.0 Å². The molecule has 20 heteroatoms. The van der Waals surface area contributed by atoms with E-state index < -0.39 is 111 Å². The van der Waals surface area contributed by atoms with Crippen molar-refractivity contribution in [2.75, 3.05) is 0 Å². The van der Waals surface area contributed by atoms with Gasteiger partial charge < -0.3 is 18.9 Å². The zero-order valence-corrected chi connectivity index (χ0v) is 49.2. The Morgan fingerprint density at radius 2 is 0.477 bits per heavy atom. The van der Waals surface area contributed by atoms with E-state index in [2.05, 4.69) is 18.9 Å². The van der Waals surface area contributed by atoms with E-state index in [-0.39, 0.29) is 17.5 Å². The molecule has 0 heterocycles. The van der Waals surface area contributed by atoms with E-state index in [4.69, 9.17) is 0 Å². The van der Waals surface area contributed by atoms with Crippen molar-refractivity contribution in [2.45, 2.75) is 131 Å². The first-order valence-corrected chi connectivity index (χ1v) is 28.0. The number of benzene rings is 8. The van der Waals surface area contributed by atoms with E-state index in [1.165, 1.54) is 61.5 Å². The summed E-state index contributed by atoms with van der Waals surface area (Å²) in [6.45, 7) is 14.3. The van der Waals surface area contributed by atoms with Crippen molar-refractivity contribution in [1.29, 1.82) is 0 Å². The van der Waals surface area contributed by atoms with Gasteiger partial charge in [0.2, 0.25) is 0 Å². The molecule has 4 nitrogen and oxygen atoms in total. The van der Waals surface area contributed by atoms with E-state index >= 15 is 0 Å². The molecule has 0 bridgehead atoms. The lowest BCUT2D eigenvalue weighted by Gasteiger charge is -2.19. The molecule has 0 N–H and O–H groups in total. The predicted molar refractivity (Wildman–Crippen MR) is 304 cm³/mol. The van der Waals surface area contributed by atoms with Gasteiger partial charge in [0.05, 0.1) is 22.3 Å². The number of ether oxygens (including phenoxy) is 4. The summed E-state index contributed by atoms with van der Waals surface area (Å²) in [7, 11) is 0. The largest absolute Gasteiger partial charge is 0.429 e. The second-order valence-corrected chi connectivity index (χ2v) is 19.6. The van der Waals surface area contributed by atoms with Crippen molar-refractivity contribution in [3.63, 3.8) is 0 Å². The fourth-order valence-electron chi connectivity index (χ4n) is 8.24. The summed E-state index contributed by atoms with van der Waals surface area (Å²) in [5.74, 6) is -10.2. The molecule has 0 saturated heterocycles. The molecule has 0 aliphatic rings. The normalized spacial score (nSPS) is 11.5. The van der Waals surface area contributed by atoms with Gasteiger partial charge in [-0.1, -0.05) is 104 Å². The predicted octanol–water partition coefficient (Wildman–Crippen LogP) is 20.9. The summed E-state index contributed by atoms with van der Waals surface area (Å²) in [5, 5.41) is 0. The van der Waals surface area contributed by atoms with Gasteiger partial charge in [0, 0.05) is 5.56 Å². The lowest BCUT2D eigenvalue weighted by Crippen LogP contribution is -2.24. The van der Waals surface area contributed by atoms with Gasteiger partial charge in [-0.05, 0) is 187 Å². The first-order valence-electron chi connectivity index (χ1n) is 28.0. The Bertz CT molecular complexity index is 3450. The van der Waals surface area contributed by atoms with Crippen LogP contribution in [0.1, 0.15) is 122 Å². The molecule has 0 radical (unpaired) electrons. The van der Waals surface area contributed by atoms with E-state index in [0.717, 1.165) is 78.2 Å². The second kappa shape index (κ2) is 31.1. The molecule has 0 spiro atoms. The van der Waals surface area contributed by atoms with Crippen LogP contribution in [-0.4, -0.2) is 0 Å². The molecule has 0 aromatic heterocycles. The summed E-state index contributed by atoms with van der Waals surface area (Å²) in [6, 6.07) is 28.7. The molecular weight excluding hydrogens is 1180 g/mol. The van der Waals surface area contributed by atoms with Crippen molar-refractivity contribution >= 4 is 0 Å². The van der Waals surface area contributed by atoms with Crippen LogP contribution in [0.2, 0.25) is 0 Å². The highest BCUT2D eigenvalue weighted by Crippen LogP contribution is 2.39. The molecule has 0 saturated carbocycles. The van der Waals surface area contributed by atoms with Crippen LogP contribution in [0.15, 0.2) is 146 Å². The SMILES string of the molecule is CCc1ccc(C(F)(F)Oc2ccc(CC)cc2F)cc1.CCc1ccc(OC(F)(F)c2cc(F)c(CC)c(F)c2)c(F)c1.CCc1ccc(OC(F)(F)c2ccc(CC)cc2F)c(F)c1.CCc1ccc(OC(F)(F)c2ccc(CC)cc2F)c(F)c1. The molecule has 0 aliphatic heterocycles. The smallest absolute Gasteiger partial charge is 0.426 e. The Kier molecular flexibility index (Phi) is 25.0. The first-order chi connectivity index (χ1) is 41.5. The minimum Gasteiger partial charge on any atom is -0.426 e. The summed E-state index contributed by atoms with van der Waals surface area (Å²) in [6.07, 6.45) is -11.4. The average molecular weight is 1250 g/mol. The highest BCUT2D eigenvalue weighted by molar-refractivity contribution is 5.37. The van der Waals surface area contributed by atoms with Crippen molar-refractivity contribution in [3.8, 4) is 23.0 Å². The van der Waals surface area contributed by atoms with Crippen LogP contribution >= 0.6 is 0 Å². The van der Waals surface area contributed by atoms with Crippen molar-refractivity contribution < 1.29 is 89.2 Å². The molecule has 0 fully saturated rings. The van der Waals surface area contributed by atoms with Crippen molar-refractivity contribution in [1.82, 2.24) is 0 Å². The van der Waals surface area contributed by atoms with Crippen LogP contribution in [0.3, 0.4) is 0 Å². The minimum atomic E-state index is -4.07. The van der Waals surface area contributed by atoms with E-state index in [1.807, 2.05) is 27.7 Å². The molecule has 8 rings (SSSR count). The Labute approximate surface area is 500 Å². The summed E-state index contributed by atoms with van der Waals surface area (Å²) in [5.41, 5.74) is 1.38. The monoisotopic (exact) mass is 1250 g/mol. The van der Waals surface area contributed by atoms with Crippen LogP contribution < -0.4 is 18.9 Å². The molecular formula is C68H64F16O4. The molecule has 0 atom stereocenters. The maximum atomic E-state index is 14.1. The highest BCUT2D eigenvalue weighted by Gasteiger charge is 2.41. The summed E-state index contributed by atoms with van der Waals surface area (Å²) in [4.78, 5) is 0. The fraction of sp³-hybridized carbons (Fsp3) is 0.294. The van der Waals surface area contributed by atoms with Gasteiger partial charge >= 0.3 is 24.4 Å². The lowest BCUT2D eigenvalue weighted by molar-refractivity contribution is -0.189. The van der Waals surface area contributed by atoms with Crippen LogP contribution in [-0.2, 0) is 75.8 Å². The number of alkyl halides is 8. The number of aryl methyl sites for hydroxylation is 7. The fourth-order valence-corrected chi connectivity index (χ4v) is 8.24. The highest BCUT2D eigenvalue weighted by atomic mass is 19.3. The summed E-state index contributed by atoms with van der Waals surface area (Å²) < 4.78 is 240. The quantitative estimate of drug-likeness (QED) is 0.0713. The topological polar surface area (TPSA) is 36.9 Å². The zero-order chi connectivity index (χ0) is 65.3. The Morgan fingerprint density at radius 1 is 0.239 bits per heavy atom. The van der Waals surface area contributed by atoms with Crippen LogP contribution in [0.4, 0.5) is 70.2 Å². The average Bonchev–Trinajstić information content (AvgIpc) is 1.18. The molecule has 0 unspecified atom stereocenters. The number of halogens is 16. The lowest BCUT2D eigenvalue weighted by atomic mass is 10.1. The van der Waals surface area contributed by atoms with Gasteiger partial charge in [0.25, 0.3) is 0 Å². The number of hydrogen-bond donors (Lipinski definition) is 0. The van der Waals surface area contributed by atoms with E-state index in [9.17, 15) is 70.2 Å². The maximum Gasteiger partial charge on any atom is 0.429 e. The van der Waals surface area contributed by atoms with Gasteiger partial charge in [-0.15, -0.1) is 0 Å². The van der Waals surface area contributed by atoms with Gasteiger partial charge in [-0.2, -0.15) is 35.1 Å². The molecule has 8 aromatic rings. The third-order valence-electron chi connectivity index (χ3n) is 13.6. The van der Waals surface area contributed by atoms with Gasteiger partial charge in [-0.25, -0.2) is 35.1 Å². The van der Waals surface area contributed by atoms with E-state index in [1.54, 1.807) is 39.0 Å². The van der Waals surface area contributed by atoms with Crippen molar-refractivity contribution in [2.24, 2.45) is 0 Å². The molecule has 8 aromatic carbocycles. The Hall–Kier alpha value is -8.16. The van der Waals surface area contributed by atoms with E-state index in [0.29, 0.717) is 78.5 Å². The standard InChI is InChI=1S/C17H15F5O.2C17H16F4O.C17H17F3O/c1-3-10-5-6-16(15(20)7-10)23-17(21,22)11-8-13(18)12(4-2)14(19)9-11;2*1-3-11-5-7-13(14(18)9-11)17(20,21)22-16-8-6-12(4-2)10-15(16)19;1-3-12-5-8-14(9-6-12)17(19,20)21-16-10-7-13(4-2)11-15(16)18/h5-9H,3-4H2,1-2H3;2*5-10H,3-4H2,1-2H3;5-11H,3-4H2,1-2H3. The van der Waals surface area contributed by atoms with Gasteiger partial charge in [0.15, 0.2) is 46.3 Å². The Morgan fingerprint density at radius 3 is 0.727 bits per heavy atom. The molecule has 472 valence electrons. The number of hydrogen-bond acceptors (Lipinski definition) is 4. The van der Waals surface area contributed by atoms with Gasteiger partial charge in [0.1, 0.15) is 23.3 Å². The third-order valence-corrected chi connectivity index (χ3v) is 13.6. The first kappa shape index (κ1) is 70.6. The second-order valence-electron chi connectivity index (χ2n) is 19.6. The third kappa shape index (κ3) is 18.9. The van der Waals surface area contributed by atoms with Crippen LogP contribution in [0.25, 0.3) is 0 Å². The maximum absolute atomic E-state index is 14.1. The molecule has 0 aliphatic carbocycles. The zero-order valence-electron chi connectivity index (χ0n) is 49.2.